The van der Waals surface area contributed by atoms with Crippen molar-refractivity contribution in [3.8, 4) is 5.88 Å². The summed E-state index contributed by atoms with van der Waals surface area (Å²) in [5.41, 5.74) is 0.708. The third kappa shape index (κ3) is 3.12. The van der Waals surface area contributed by atoms with Crippen LogP contribution in [-0.4, -0.2) is 33.2 Å². The Morgan fingerprint density at radius 3 is 2.87 bits per heavy atom. The fourth-order valence-electron chi connectivity index (χ4n) is 2.91. The molecule has 4 rings (SSSR count). The van der Waals surface area contributed by atoms with Gasteiger partial charge in [0.1, 0.15) is 11.9 Å². The zero-order valence-corrected chi connectivity index (χ0v) is 12.7. The Morgan fingerprint density at radius 1 is 1.26 bits per heavy atom. The van der Waals surface area contributed by atoms with Crippen molar-refractivity contribution < 1.29 is 14.6 Å². The molecular weight excluding hydrogens is 294 g/mol. The van der Waals surface area contributed by atoms with E-state index in [1.165, 1.54) is 0 Å². The SMILES string of the molecule is O=C(Nc1cc2ccc(OC3CCC[C@H]3O)nc2cn1)C1CC1. The van der Waals surface area contributed by atoms with Gasteiger partial charge in [-0.2, -0.15) is 0 Å². The lowest BCUT2D eigenvalue weighted by Gasteiger charge is -2.16. The lowest BCUT2D eigenvalue weighted by molar-refractivity contribution is -0.117. The van der Waals surface area contributed by atoms with E-state index in [1.54, 1.807) is 12.3 Å². The van der Waals surface area contributed by atoms with E-state index in [0.717, 1.165) is 37.5 Å². The molecule has 23 heavy (non-hydrogen) atoms. The van der Waals surface area contributed by atoms with Crippen molar-refractivity contribution in [1.29, 1.82) is 0 Å². The average molecular weight is 313 g/mol. The maximum absolute atomic E-state index is 11.8. The molecule has 2 aliphatic carbocycles. The molecule has 2 N–H and O–H groups in total. The molecule has 120 valence electrons. The van der Waals surface area contributed by atoms with E-state index < -0.39 is 6.10 Å². The molecule has 6 heteroatoms. The van der Waals surface area contributed by atoms with Crippen LogP contribution in [0.15, 0.2) is 24.4 Å². The molecule has 0 bridgehead atoms. The van der Waals surface area contributed by atoms with Crippen LogP contribution in [0, 0.1) is 5.92 Å². The number of carbonyl (C=O) groups is 1. The second-order valence-electron chi connectivity index (χ2n) is 6.33. The van der Waals surface area contributed by atoms with Gasteiger partial charge in [-0.25, -0.2) is 9.97 Å². The summed E-state index contributed by atoms with van der Waals surface area (Å²) >= 11 is 0. The van der Waals surface area contributed by atoms with E-state index >= 15 is 0 Å². The molecule has 2 aliphatic rings. The zero-order valence-electron chi connectivity index (χ0n) is 12.7. The predicted octanol–water partition coefficient (Wildman–Crippen LogP) is 2.27. The number of nitrogens with zero attached hydrogens (tertiary/aromatic N) is 2. The number of ether oxygens (including phenoxy) is 1. The van der Waals surface area contributed by atoms with Crippen LogP contribution in [0.1, 0.15) is 32.1 Å². The van der Waals surface area contributed by atoms with Crippen LogP contribution in [0.2, 0.25) is 0 Å². The molecule has 2 saturated carbocycles. The molecule has 1 amide bonds. The number of amides is 1. The third-order valence-corrected chi connectivity index (χ3v) is 4.44. The van der Waals surface area contributed by atoms with Gasteiger partial charge in [0.25, 0.3) is 0 Å². The van der Waals surface area contributed by atoms with Gasteiger partial charge in [0.2, 0.25) is 11.8 Å². The molecule has 6 nitrogen and oxygen atoms in total. The number of anilines is 1. The summed E-state index contributed by atoms with van der Waals surface area (Å²) in [6.07, 6.45) is 5.59. The molecule has 2 atom stereocenters. The fraction of sp³-hybridized carbons (Fsp3) is 0.471. The molecule has 2 aromatic rings. The summed E-state index contributed by atoms with van der Waals surface area (Å²) in [6, 6.07) is 5.50. The van der Waals surface area contributed by atoms with Gasteiger partial charge in [0.15, 0.2) is 0 Å². The Hall–Kier alpha value is -2.21. The van der Waals surface area contributed by atoms with E-state index in [-0.39, 0.29) is 17.9 Å². The van der Waals surface area contributed by atoms with Gasteiger partial charge in [0.05, 0.1) is 17.8 Å². The highest BCUT2D eigenvalue weighted by Crippen LogP contribution is 2.30. The molecule has 0 radical (unpaired) electrons. The van der Waals surface area contributed by atoms with E-state index in [4.69, 9.17) is 4.74 Å². The Morgan fingerprint density at radius 2 is 2.13 bits per heavy atom. The minimum Gasteiger partial charge on any atom is -0.472 e. The summed E-state index contributed by atoms with van der Waals surface area (Å²) in [7, 11) is 0. The van der Waals surface area contributed by atoms with Crippen molar-refractivity contribution in [2.24, 2.45) is 5.92 Å². The molecule has 2 heterocycles. The minimum absolute atomic E-state index is 0.0417. The van der Waals surface area contributed by atoms with Crippen LogP contribution in [0.5, 0.6) is 5.88 Å². The number of rotatable bonds is 4. The Balaban J connectivity index is 1.51. The lowest BCUT2D eigenvalue weighted by atomic mass is 10.2. The molecule has 0 spiro atoms. The van der Waals surface area contributed by atoms with Crippen molar-refractivity contribution in [3.05, 3.63) is 24.4 Å². The van der Waals surface area contributed by atoms with Gasteiger partial charge in [0, 0.05) is 17.4 Å². The Bertz CT molecular complexity index is 745. The number of aliphatic hydroxyl groups excluding tert-OH is 1. The summed E-state index contributed by atoms with van der Waals surface area (Å²) in [6.45, 7) is 0. The number of aromatic nitrogens is 2. The van der Waals surface area contributed by atoms with Crippen LogP contribution >= 0.6 is 0 Å². The number of nitrogens with one attached hydrogen (secondary N) is 1. The first-order valence-electron chi connectivity index (χ1n) is 8.11. The second-order valence-corrected chi connectivity index (χ2v) is 6.33. The number of pyridine rings is 2. The zero-order chi connectivity index (χ0) is 15.8. The van der Waals surface area contributed by atoms with Crippen molar-refractivity contribution in [2.75, 3.05) is 5.32 Å². The molecule has 2 fully saturated rings. The number of hydrogen-bond acceptors (Lipinski definition) is 5. The van der Waals surface area contributed by atoms with E-state index in [9.17, 15) is 9.90 Å². The van der Waals surface area contributed by atoms with Gasteiger partial charge >= 0.3 is 0 Å². The summed E-state index contributed by atoms with van der Waals surface area (Å²) in [5.74, 6) is 1.25. The molecular formula is C17H19N3O3. The van der Waals surface area contributed by atoms with Crippen molar-refractivity contribution in [2.45, 2.75) is 44.3 Å². The van der Waals surface area contributed by atoms with Crippen LogP contribution < -0.4 is 10.1 Å². The average Bonchev–Trinajstić information content (AvgIpc) is 3.32. The highest BCUT2D eigenvalue weighted by atomic mass is 16.5. The van der Waals surface area contributed by atoms with Crippen molar-refractivity contribution in [1.82, 2.24) is 9.97 Å². The second kappa shape index (κ2) is 5.77. The number of carbonyl (C=O) groups excluding carboxylic acids is 1. The first-order chi connectivity index (χ1) is 11.2. The molecule has 0 aromatic carbocycles. The van der Waals surface area contributed by atoms with Gasteiger partial charge in [-0.05, 0) is 44.2 Å². The number of aliphatic hydroxyl groups is 1. The molecule has 0 aliphatic heterocycles. The highest BCUT2D eigenvalue weighted by molar-refractivity contribution is 5.94. The normalized spacial score (nSPS) is 23.9. The summed E-state index contributed by atoms with van der Waals surface area (Å²) in [4.78, 5) is 20.5. The van der Waals surface area contributed by atoms with Crippen molar-refractivity contribution >= 4 is 22.6 Å². The van der Waals surface area contributed by atoms with E-state index in [1.807, 2.05) is 12.1 Å². The standard InChI is InChI=1S/C17H19N3O3/c21-13-2-1-3-14(13)23-16-7-6-11-8-15(18-9-12(11)19-16)20-17(22)10-4-5-10/h6-10,13-14,21H,1-5H2,(H,18,20,22)/t13-,14?/m1/s1. The third-order valence-electron chi connectivity index (χ3n) is 4.44. The summed E-state index contributed by atoms with van der Waals surface area (Å²) < 4.78 is 5.77. The molecule has 1 unspecified atom stereocenters. The van der Waals surface area contributed by atoms with E-state index in [2.05, 4.69) is 15.3 Å². The topological polar surface area (TPSA) is 84.3 Å². The number of hydrogen-bond donors (Lipinski definition) is 2. The predicted molar refractivity (Wildman–Crippen MR) is 85.2 cm³/mol. The van der Waals surface area contributed by atoms with Crippen LogP contribution in [0.25, 0.3) is 10.9 Å². The Labute approximate surface area is 133 Å². The largest absolute Gasteiger partial charge is 0.472 e. The monoisotopic (exact) mass is 313 g/mol. The van der Waals surface area contributed by atoms with E-state index in [0.29, 0.717) is 17.2 Å². The van der Waals surface area contributed by atoms with Crippen LogP contribution in [-0.2, 0) is 4.79 Å². The number of fused-ring (bicyclic) bond motifs is 1. The van der Waals surface area contributed by atoms with Gasteiger partial charge in [-0.3, -0.25) is 4.79 Å². The van der Waals surface area contributed by atoms with Gasteiger partial charge in [-0.1, -0.05) is 0 Å². The fourth-order valence-corrected chi connectivity index (χ4v) is 2.91. The van der Waals surface area contributed by atoms with Crippen LogP contribution in [0.3, 0.4) is 0 Å². The van der Waals surface area contributed by atoms with Crippen LogP contribution in [0.4, 0.5) is 5.82 Å². The lowest BCUT2D eigenvalue weighted by Crippen LogP contribution is -2.25. The molecule has 0 saturated heterocycles. The summed E-state index contributed by atoms with van der Waals surface area (Å²) in [5, 5.41) is 13.6. The smallest absolute Gasteiger partial charge is 0.228 e. The maximum Gasteiger partial charge on any atom is 0.228 e. The first-order valence-corrected chi connectivity index (χ1v) is 8.11. The molecule has 2 aromatic heterocycles. The maximum atomic E-state index is 11.8. The first kappa shape index (κ1) is 14.4. The van der Waals surface area contributed by atoms with Crippen molar-refractivity contribution in [3.63, 3.8) is 0 Å². The minimum atomic E-state index is -0.411. The quantitative estimate of drug-likeness (QED) is 0.904. The Kier molecular flexibility index (Phi) is 3.61. The van der Waals surface area contributed by atoms with Gasteiger partial charge < -0.3 is 15.2 Å². The highest BCUT2D eigenvalue weighted by Gasteiger charge is 2.30. The van der Waals surface area contributed by atoms with Gasteiger partial charge in [-0.15, -0.1) is 0 Å².